The zero-order chi connectivity index (χ0) is 7.56. The average Bonchev–Trinajstić information content (AvgIpc) is 1.95. The van der Waals surface area contributed by atoms with Crippen molar-refractivity contribution in [3.8, 4) is 0 Å². The van der Waals surface area contributed by atoms with E-state index in [0.717, 1.165) is 0 Å². The lowest BCUT2D eigenvalue weighted by Crippen LogP contribution is -1.89. The van der Waals surface area contributed by atoms with Crippen molar-refractivity contribution < 1.29 is 4.39 Å². The molecule has 0 unspecified atom stereocenters. The average molecular weight is 137 g/mol. The second-order valence-electron chi connectivity index (χ2n) is 2.00. The molecule has 0 aliphatic rings. The summed E-state index contributed by atoms with van der Waals surface area (Å²) in [6, 6.07) is 1.59. The highest BCUT2D eigenvalue weighted by atomic mass is 19.1. The van der Waals surface area contributed by atoms with Gasteiger partial charge < -0.3 is 0 Å². The fourth-order valence-electron chi connectivity index (χ4n) is 0.726. The second-order valence-corrected chi connectivity index (χ2v) is 2.00. The summed E-state index contributed by atoms with van der Waals surface area (Å²) in [5, 5.41) is 0. The van der Waals surface area contributed by atoms with Crippen LogP contribution in [0.2, 0.25) is 0 Å². The van der Waals surface area contributed by atoms with E-state index in [2.05, 4.69) is 11.6 Å². The summed E-state index contributed by atoms with van der Waals surface area (Å²) in [5.74, 6) is -0.280. The van der Waals surface area contributed by atoms with Crippen LogP contribution < -0.4 is 0 Å². The number of nitrogens with zero attached hydrogens (tertiary/aromatic N) is 1. The smallest absolute Gasteiger partial charge is 0.151 e. The van der Waals surface area contributed by atoms with Crippen LogP contribution in [-0.4, -0.2) is 4.98 Å². The summed E-state index contributed by atoms with van der Waals surface area (Å²) >= 11 is 0. The zero-order valence-electron chi connectivity index (χ0n) is 5.76. The lowest BCUT2D eigenvalue weighted by molar-refractivity contribution is 0.607. The van der Waals surface area contributed by atoms with Crippen molar-refractivity contribution >= 4 is 6.08 Å². The molecule has 1 nitrogen and oxygen atoms in total. The number of pyridine rings is 1. The molecule has 0 aliphatic carbocycles. The molecule has 0 saturated heterocycles. The van der Waals surface area contributed by atoms with Gasteiger partial charge in [-0.15, -0.1) is 0 Å². The van der Waals surface area contributed by atoms with Crippen LogP contribution in [0.15, 0.2) is 18.8 Å². The molecule has 0 aromatic carbocycles. The molecule has 0 atom stereocenters. The minimum absolute atomic E-state index is 0.280. The van der Waals surface area contributed by atoms with Gasteiger partial charge in [0.2, 0.25) is 0 Å². The number of aryl methyl sites for hydroxylation is 1. The highest BCUT2D eigenvalue weighted by Gasteiger charge is 2.00. The number of hydrogen-bond acceptors (Lipinski definition) is 1. The van der Waals surface area contributed by atoms with Gasteiger partial charge >= 0.3 is 0 Å². The maximum Gasteiger partial charge on any atom is 0.151 e. The summed E-state index contributed by atoms with van der Waals surface area (Å²) in [4.78, 5) is 3.76. The third-order valence-electron chi connectivity index (χ3n) is 1.31. The van der Waals surface area contributed by atoms with Gasteiger partial charge in [0.05, 0.1) is 5.69 Å². The highest BCUT2D eigenvalue weighted by molar-refractivity contribution is 5.47. The monoisotopic (exact) mass is 137 g/mol. The van der Waals surface area contributed by atoms with Gasteiger partial charge in [-0.1, -0.05) is 12.7 Å². The molecule has 52 valence electrons. The zero-order valence-corrected chi connectivity index (χ0v) is 5.76. The van der Waals surface area contributed by atoms with E-state index in [0.29, 0.717) is 11.3 Å². The molecule has 10 heavy (non-hydrogen) atoms. The minimum atomic E-state index is -0.280. The standard InChI is InChI=1S/C8H8FN/c1-3-7-4-5-10-6(2)8(7)9/h3-5H,1H2,2H3. The van der Waals surface area contributed by atoms with Crippen LogP contribution in [-0.2, 0) is 0 Å². The van der Waals surface area contributed by atoms with Crippen molar-refractivity contribution in [3.63, 3.8) is 0 Å². The van der Waals surface area contributed by atoms with Crippen LogP contribution in [0.3, 0.4) is 0 Å². The Morgan fingerprint density at radius 3 is 2.90 bits per heavy atom. The van der Waals surface area contributed by atoms with E-state index in [4.69, 9.17) is 0 Å². The Kier molecular flexibility index (Phi) is 1.81. The fourth-order valence-corrected chi connectivity index (χ4v) is 0.726. The molecule has 0 N–H and O–H groups in total. The molecule has 0 saturated carbocycles. The molecule has 1 heterocycles. The molecule has 2 heteroatoms. The van der Waals surface area contributed by atoms with Crippen LogP contribution in [0, 0.1) is 12.7 Å². The van der Waals surface area contributed by atoms with Crippen molar-refractivity contribution in [2.24, 2.45) is 0 Å². The van der Waals surface area contributed by atoms with Crippen LogP contribution in [0.5, 0.6) is 0 Å². The van der Waals surface area contributed by atoms with Crippen molar-refractivity contribution in [3.05, 3.63) is 35.9 Å². The molecule has 0 fully saturated rings. The largest absolute Gasteiger partial charge is 0.259 e. The first-order valence-corrected chi connectivity index (χ1v) is 2.99. The lowest BCUT2D eigenvalue weighted by atomic mass is 10.2. The van der Waals surface area contributed by atoms with Crippen LogP contribution in [0.1, 0.15) is 11.3 Å². The summed E-state index contributed by atoms with van der Waals surface area (Å²) in [7, 11) is 0. The van der Waals surface area contributed by atoms with Gasteiger partial charge in [-0.2, -0.15) is 0 Å². The Bertz CT molecular complexity index is 255. The Hall–Kier alpha value is -1.18. The predicted octanol–water partition coefficient (Wildman–Crippen LogP) is 2.17. The van der Waals surface area contributed by atoms with E-state index in [9.17, 15) is 4.39 Å². The molecule has 1 aromatic rings. The summed E-state index contributed by atoms with van der Waals surface area (Å²) in [5.41, 5.74) is 0.921. The first-order chi connectivity index (χ1) is 4.75. The van der Waals surface area contributed by atoms with E-state index < -0.39 is 0 Å². The highest BCUT2D eigenvalue weighted by Crippen LogP contribution is 2.09. The SMILES string of the molecule is C=Cc1ccnc(C)c1F. The van der Waals surface area contributed by atoms with Gasteiger partial charge in [-0.3, -0.25) is 4.98 Å². The molecule has 1 aromatic heterocycles. The Morgan fingerprint density at radius 2 is 2.40 bits per heavy atom. The Morgan fingerprint density at radius 1 is 1.70 bits per heavy atom. The number of hydrogen-bond donors (Lipinski definition) is 0. The quantitative estimate of drug-likeness (QED) is 0.578. The summed E-state index contributed by atoms with van der Waals surface area (Å²) in [6.45, 7) is 5.09. The van der Waals surface area contributed by atoms with Crippen LogP contribution >= 0.6 is 0 Å². The summed E-state index contributed by atoms with van der Waals surface area (Å²) < 4.78 is 12.9. The summed E-state index contributed by atoms with van der Waals surface area (Å²) in [6.07, 6.45) is 3.04. The third-order valence-corrected chi connectivity index (χ3v) is 1.31. The van der Waals surface area contributed by atoms with Crippen molar-refractivity contribution in [1.82, 2.24) is 4.98 Å². The molecular formula is C8H8FN. The van der Waals surface area contributed by atoms with Gasteiger partial charge in [0, 0.05) is 11.8 Å². The Labute approximate surface area is 59.2 Å². The van der Waals surface area contributed by atoms with E-state index in [1.807, 2.05) is 0 Å². The predicted molar refractivity (Wildman–Crippen MR) is 39.0 cm³/mol. The Balaban J connectivity index is 3.27. The first-order valence-electron chi connectivity index (χ1n) is 2.99. The van der Waals surface area contributed by atoms with Gasteiger partial charge in [0.15, 0.2) is 5.82 Å². The fraction of sp³-hybridized carbons (Fsp3) is 0.125. The van der Waals surface area contributed by atoms with Crippen molar-refractivity contribution in [2.45, 2.75) is 6.92 Å². The normalized spacial score (nSPS) is 9.40. The third kappa shape index (κ3) is 1.05. The minimum Gasteiger partial charge on any atom is -0.259 e. The van der Waals surface area contributed by atoms with Crippen molar-refractivity contribution in [2.75, 3.05) is 0 Å². The van der Waals surface area contributed by atoms with E-state index in [-0.39, 0.29) is 5.82 Å². The van der Waals surface area contributed by atoms with Crippen LogP contribution in [0.25, 0.3) is 6.08 Å². The van der Waals surface area contributed by atoms with E-state index in [1.54, 1.807) is 19.2 Å². The lowest BCUT2D eigenvalue weighted by Gasteiger charge is -1.96. The molecule has 0 radical (unpaired) electrons. The molecule has 1 rings (SSSR count). The van der Waals surface area contributed by atoms with Gasteiger partial charge in [-0.25, -0.2) is 4.39 Å². The molecule has 0 aliphatic heterocycles. The number of rotatable bonds is 1. The molecule has 0 bridgehead atoms. The van der Waals surface area contributed by atoms with E-state index >= 15 is 0 Å². The van der Waals surface area contributed by atoms with Gasteiger partial charge in [0.25, 0.3) is 0 Å². The van der Waals surface area contributed by atoms with Crippen molar-refractivity contribution in [1.29, 1.82) is 0 Å². The van der Waals surface area contributed by atoms with Crippen LogP contribution in [0.4, 0.5) is 4.39 Å². The molecule has 0 spiro atoms. The van der Waals surface area contributed by atoms with Gasteiger partial charge in [0.1, 0.15) is 0 Å². The second kappa shape index (κ2) is 2.60. The van der Waals surface area contributed by atoms with Gasteiger partial charge in [-0.05, 0) is 13.0 Å². The topological polar surface area (TPSA) is 12.9 Å². The molecule has 0 amide bonds. The maximum atomic E-state index is 12.9. The molecular weight excluding hydrogens is 129 g/mol. The first kappa shape index (κ1) is 6.93. The number of aromatic nitrogens is 1. The number of halogens is 1. The maximum absolute atomic E-state index is 12.9. The van der Waals surface area contributed by atoms with E-state index in [1.165, 1.54) is 6.08 Å².